The van der Waals surface area contributed by atoms with Gasteiger partial charge in [0.2, 0.25) is 0 Å². The number of hydrogen-bond donors (Lipinski definition) is 1. The molecule has 0 radical (unpaired) electrons. The Labute approximate surface area is 76.0 Å². The van der Waals surface area contributed by atoms with E-state index in [0.717, 1.165) is 0 Å². The molecule has 0 saturated heterocycles. The van der Waals surface area contributed by atoms with Crippen LogP contribution in [0.1, 0.15) is 11.5 Å². The number of nitrogens with zero attached hydrogens (tertiary/aromatic N) is 2. The summed E-state index contributed by atoms with van der Waals surface area (Å²) in [4.78, 5) is 14.9. The van der Waals surface area contributed by atoms with Crippen LogP contribution in [0.15, 0.2) is 6.20 Å². The number of imidazole rings is 1. The Hall–Kier alpha value is -1.36. The summed E-state index contributed by atoms with van der Waals surface area (Å²) in [6.45, 7) is 1.73. The van der Waals surface area contributed by atoms with Gasteiger partial charge in [-0.15, -0.1) is 0 Å². The maximum Gasteiger partial charge on any atom is 0.325 e. The van der Waals surface area contributed by atoms with Gasteiger partial charge in [0, 0.05) is 0 Å². The van der Waals surface area contributed by atoms with Gasteiger partial charge in [0.25, 0.3) is 0 Å². The van der Waals surface area contributed by atoms with Crippen LogP contribution in [0.3, 0.4) is 0 Å². The zero-order valence-corrected chi connectivity index (χ0v) is 7.65. The molecule has 0 aliphatic heterocycles. The molecule has 0 amide bonds. The van der Waals surface area contributed by atoms with Crippen molar-refractivity contribution in [2.45, 2.75) is 20.1 Å². The zero-order chi connectivity index (χ0) is 9.84. The Balaban J connectivity index is 2.85. The number of carbonyl (C=O) groups is 1. The molecule has 0 aromatic carbocycles. The summed E-state index contributed by atoms with van der Waals surface area (Å²) in [6.07, 6.45) is 1.54. The Bertz CT molecular complexity index is 306. The first-order chi connectivity index (χ1) is 6.19. The molecule has 0 unspecified atom stereocenters. The van der Waals surface area contributed by atoms with Crippen LogP contribution in [0.4, 0.5) is 0 Å². The van der Waals surface area contributed by atoms with E-state index in [1.165, 1.54) is 13.3 Å². The van der Waals surface area contributed by atoms with Gasteiger partial charge >= 0.3 is 5.97 Å². The number of methoxy groups -OCH3 is 1. The molecule has 5 nitrogen and oxygen atoms in total. The molecule has 1 N–H and O–H groups in total. The standard InChI is InChI=1S/C8H12N2O3/c1-6-9-3-7(5-11)10(6)4-8(12)13-2/h3,11H,4-5H2,1-2H3. The molecule has 0 fully saturated rings. The van der Waals surface area contributed by atoms with E-state index in [4.69, 9.17) is 5.11 Å². The molecule has 1 aromatic rings. The average Bonchev–Trinajstić information content (AvgIpc) is 2.48. The molecule has 0 bridgehead atoms. The van der Waals surface area contributed by atoms with E-state index >= 15 is 0 Å². The Morgan fingerprint density at radius 2 is 2.46 bits per heavy atom. The minimum atomic E-state index is -0.351. The summed E-state index contributed by atoms with van der Waals surface area (Å²) < 4.78 is 6.13. The molecule has 72 valence electrons. The second-order valence-corrected chi connectivity index (χ2v) is 2.62. The van der Waals surface area contributed by atoms with Crippen molar-refractivity contribution in [2.24, 2.45) is 0 Å². The highest BCUT2D eigenvalue weighted by molar-refractivity contribution is 5.69. The van der Waals surface area contributed by atoms with Crippen LogP contribution in [0, 0.1) is 6.92 Å². The maximum atomic E-state index is 10.9. The van der Waals surface area contributed by atoms with Crippen LogP contribution in [0.5, 0.6) is 0 Å². The Morgan fingerprint density at radius 1 is 1.77 bits per heavy atom. The number of aromatic nitrogens is 2. The predicted octanol–water partition coefficient (Wildman–Crippen LogP) is -0.143. The monoisotopic (exact) mass is 184 g/mol. The van der Waals surface area contributed by atoms with Crippen molar-refractivity contribution in [3.8, 4) is 0 Å². The van der Waals surface area contributed by atoms with Crippen LogP contribution >= 0.6 is 0 Å². The lowest BCUT2D eigenvalue weighted by atomic mass is 10.4. The maximum absolute atomic E-state index is 10.9. The van der Waals surface area contributed by atoms with Gasteiger partial charge < -0.3 is 14.4 Å². The molecule has 0 atom stereocenters. The molecular formula is C8H12N2O3. The van der Waals surface area contributed by atoms with Crippen LogP contribution < -0.4 is 0 Å². The first-order valence-corrected chi connectivity index (χ1v) is 3.87. The summed E-state index contributed by atoms with van der Waals surface area (Å²) in [5.41, 5.74) is 0.614. The summed E-state index contributed by atoms with van der Waals surface area (Å²) in [6, 6.07) is 0. The van der Waals surface area contributed by atoms with E-state index in [1.54, 1.807) is 11.5 Å². The lowest BCUT2D eigenvalue weighted by Crippen LogP contribution is -2.15. The molecule has 13 heavy (non-hydrogen) atoms. The number of aliphatic hydroxyl groups excluding tert-OH is 1. The summed E-state index contributed by atoms with van der Waals surface area (Å²) in [5, 5.41) is 8.90. The minimum absolute atomic E-state index is 0.0955. The van der Waals surface area contributed by atoms with Crippen molar-refractivity contribution < 1.29 is 14.6 Å². The van der Waals surface area contributed by atoms with Crippen molar-refractivity contribution in [3.63, 3.8) is 0 Å². The van der Waals surface area contributed by atoms with E-state index in [1.807, 2.05) is 0 Å². The van der Waals surface area contributed by atoms with E-state index in [9.17, 15) is 4.79 Å². The van der Waals surface area contributed by atoms with Crippen LogP contribution in [-0.4, -0.2) is 27.7 Å². The molecule has 0 aliphatic rings. The zero-order valence-electron chi connectivity index (χ0n) is 7.65. The fraction of sp³-hybridized carbons (Fsp3) is 0.500. The Kier molecular flexibility index (Phi) is 3.02. The molecule has 0 spiro atoms. The van der Waals surface area contributed by atoms with E-state index in [0.29, 0.717) is 11.5 Å². The van der Waals surface area contributed by atoms with Gasteiger partial charge in [-0.3, -0.25) is 4.79 Å². The fourth-order valence-corrected chi connectivity index (χ4v) is 1.05. The quantitative estimate of drug-likeness (QED) is 0.664. The van der Waals surface area contributed by atoms with Crippen molar-refractivity contribution >= 4 is 5.97 Å². The minimum Gasteiger partial charge on any atom is -0.468 e. The molecule has 0 aliphatic carbocycles. The number of ether oxygens (including phenoxy) is 1. The number of rotatable bonds is 3. The van der Waals surface area contributed by atoms with E-state index in [2.05, 4.69) is 9.72 Å². The molecule has 1 heterocycles. The normalized spacial score (nSPS) is 10.1. The third-order valence-corrected chi connectivity index (χ3v) is 1.81. The van der Waals surface area contributed by atoms with E-state index in [-0.39, 0.29) is 19.1 Å². The van der Waals surface area contributed by atoms with Gasteiger partial charge in [0.1, 0.15) is 12.4 Å². The second-order valence-electron chi connectivity index (χ2n) is 2.62. The molecule has 5 heteroatoms. The lowest BCUT2D eigenvalue weighted by Gasteiger charge is -2.06. The molecular weight excluding hydrogens is 172 g/mol. The highest BCUT2D eigenvalue weighted by Gasteiger charge is 2.09. The number of aliphatic hydroxyl groups is 1. The molecule has 1 aromatic heterocycles. The Morgan fingerprint density at radius 3 is 3.00 bits per heavy atom. The largest absolute Gasteiger partial charge is 0.468 e. The van der Waals surface area contributed by atoms with Crippen molar-refractivity contribution in [2.75, 3.05) is 7.11 Å². The summed E-state index contributed by atoms with van der Waals surface area (Å²) >= 11 is 0. The SMILES string of the molecule is COC(=O)Cn1c(CO)cnc1C. The second kappa shape index (κ2) is 4.04. The highest BCUT2D eigenvalue weighted by atomic mass is 16.5. The van der Waals surface area contributed by atoms with Gasteiger partial charge in [0.05, 0.1) is 25.6 Å². The van der Waals surface area contributed by atoms with Gasteiger partial charge in [-0.1, -0.05) is 0 Å². The number of hydrogen-bond acceptors (Lipinski definition) is 4. The fourth-order valence-electron chi connectivity index (χ4n) is 1.05. The third kappa shape index (κ3) is 2.06. The number of aryl methyl sites for hydroxylation is 1. The average molecular weight is 184 g/mol. The van der Waals surface area contributed by atoms with Crippen molar-refractivity contribution in [1.29, 1.82) is 0 Å². The van der Waals surface area contributed by atoms with Gasteiger partial charge in [-0.2, -0.15) is 0 Å². The first kappa shape index (κ1) is 9.73. The van der Waals surface area contributed by atoms with Crippen molar-refractivity contribution in [1.82, 2.24) is 9.55 Å². The smallest absolute Gasteiger partial charge is 0.325 e. The topological polar surface area (TPSA) is 64.3 Å². The van der Waals surface area contributed by atoms with Gasteiger partial charge in [-0.25, -0.2) is 4.98 Å². The van der Waals surface area contributed by atoms with E-state index < -0.39 is 0 Å². The lowest BCUT2D eigenvalue weighted by molar-refractivity contribution is -0.141. The molecule has 0 saturated carbocycles. The van der Waals surface area contributed by atoms with Gasteiger partial charge in [-0.05, 0) is 6.92 Å². The number of esters is 1. The first-order valence-electron chi connectivity index (χ1n) is 3.87. The summed E-state index contributed by atoms with van der Waals surface area (Å²) in [7, 11) is 1.33. The summed E-state index contributed by atoms with van der Waals surface area (Å²) in [5.74, 6) is 0.338. The molecule has 1 rings (SSSR count). The van der Waals surface area contributed by atoms with Crippen LogP contribution in [-0.2, 0) is 22.7 Å². The van der Waals surface area contributed by atoms with Gasteiger partial charge in [0.15, 0.2) is 0 Å². The number of carbonyl (C=O) groups excluding carboxylic acids is 1. The van der Waals surface area contributed by atoms with Crippen molar-refractivity contribution in [3.05, 3.63) is 17.7 Å². The van der Waals surface area contributed by atoms with Crippen LogP contribution in [0.2, 0.25) is 0 Å². The predicted molar refractivity (Wildman–Crippen MR) is 44.9 cm³/mol. The van der Waals surface area contributed by atoms with Crippen LogP contribution in [0.25, 0.3) is 0 Å². The third-order valence-electron chi connectivity index (χ3n) is 1.81. The highest BCUT2D eigenvalue weighted by Crippen LogP contribution is 2.04.